The summed E-state index contributed by atoms with van der Waals surface area (Å²) in [6.07, 6.45) is 0. The first-order valence-electron chi connectivity index (χ1n) is 5.11. The van der Waals surface area contributed by atoms with E-state index in [2.05, 4.69) is 0 Å². The van der Waals surface area contributed by atoms with Crippen molar-refractivity contribution < 1.29 is 13.9 Å². The number of aryl methyl sites for hydroxylation is 1. The van der Waals surface area contributed by atoms with E-state index in [1.54, 1.807) is 6.07 Å². The molecule has 0 heterocycles. The number of esters is 1. The summed E-state index contributed by atoms with van der Waals surface area (Å²) in [5.74, 6) is -0.903. The largest absolute Gasteiger partial charge is 0.422 e. The second-order valence-electron chi connectivity index (χ2n) is 4.08. The van der Waals surface area contributed by atoms with Crippen LogP contribution >= 0.6 is 23.2 Å². The SMILES string of the molecule is Cc1ccc(C(C)C)c(OC(=O)C(F)(Cl)Cl)c1. The monoisotopic (exact) mass is 278 g/mol. The van der Waals surface area contributed by atoms with Crippen LogP contribution < -0.4 is 4.74 Å². The number of ether oxygens (including phenoxy) is 1. The van der Waals surface area contributed by atoms with Gasteiger partial charge in [0.2, 0.25) is 0 Å². The summed E-state index contributed by atoms with van der Waals surface area (Å²) in [6, 6.07) is 5.36. The number of benzene rings is 1. The van der Waals surface area contributed by atoms with Crippen LogP contribution in [0.3, 0.4) is 0 Å². The van der Waals surface area contributed by atoms with E-state index in [1.807, 2.05) is 32.9 Å². The summed E-state index contributed by atoms with van der Waals surface area (Å²) in [5, 5.41) is 0. The fraction of sp³-hybridized carbons (Fsp3) is 0.417. The molecule has 0 aliphatic heterocycles. The van der Waals surface area contributed by atoms with Gasteiger partial charge in [0.25, 0.3) is 0 Å². The van der Waals surface area contributed by atoms with Crippen molar-refractivity contribution in [3.05, 3.63) is 29.3 Å². The highest BCUT2D eigenvalue weighted by Gasteiger charge is 2.36. The molecular formula is C12H13Cl2FO2. The van der Waals surface area contributed by atoms with Crippen molar-refractivity contribution in [3.63, 3.8) is 0 Å². The lowest BCUT2D eigenvalue weighted by Crippen LogP contribution is -2.26. The molecule has 0 atom stereocenters. The summed E-state index contributed by atoms with van der Waals surface area (Å²) in [7, 11) is 0. The van der Waals surface area contributed by atoms with Gasteiger partial charge in [0.15, 0.2) is 0 Å². The summed E-state index contributed by atoms with van der Waals surface area (Å²) in [5.41, 5.74) is 1.69. The number of carbonyl (C=O) groups is 1. The highest BCUT2D eigenvalue weighted by molar-refractivity contribution is 6.56. The fourth-order valence-corrected chi connectivity index (χ4v) is 1.44. The summed E-state index contributed by atoms with van der Waals surface area (Å²) in [4.78, 5) is 11.3. The molecule has 0 bridgehead atoms. The Balaban J connectivity index is 3.05. The Labute approximate surface area is 110 Å². The van der Waals surface area contributed by atoms with Gasteiger partial charge < -0.3 is 4.74 Å². The molecule has 0 amide bonds. The van der Waals surface area contributed by atoms with Crippen LogP contribution in [0.5, 0.6) is 5.75 Å². The van der Waals surface area contributed by atoms with Crippen LogP contribution in [0.1, 0.15) is 30.9 Å². The van der Waals surface area contributed by atoms with Crippen molar-refractivity contribution >= 4 is 29.2 Å². The van der Waals surface area contributed by atoms with Crippen molar-refractivity contribution in [1.82, 2.24) is 0 Å². The molecule has 0 aliphatic rings. The van der Waals surface area contributed by atoms with Crippen LogP contribution in [-0.2, 0) is 4.79 Å². The van der Waals surface area contributed by atoms with E-state index in [9.17, 15) is 9.18 Å². The Hall–Kier alpha value is -0.800. The number of hydrogen-bond acceptors (Lipinski definition) is 2. The normalized spacial score (nSPS) is 11.7. The molecule has 0 saturated heterocycles. The lowest BCUT2D eigenvalue weighted by atomic mass is 10.0. The number of rotatable bonds is 3. The summed E-state index contributed by atoms with van der Waals surface area (Å²) < 4.78 is 14.8. The molecule has 1 rings (SSSR count). The molecule has 0 unspecified atom stereocenters. The van der Waals surface area contributed by atoms with Crippen LogP contribution in [-0.4, -0.2) is 10.6 Å². The molecule has 0 saturated carbocycles. The molecule has 1 aromatic rings. The van der Waals surface area contributed by atoms with Crippen molar-refractivity contribution in [1.29, 1.82) is 0 Å². The van der Waals surface area contributed by atoms with Gasteiger partial charge in [-0.05, 0) is 30.0 Å². The highest BCUT2D eigenvalue weighted by Crippen LogP contribution is 2.31. The Morgan fingerprint density at radius 1 is 1.41 bits per heavy atom. The third-order valence-corrected chi connectivity index (χ3v) is 2.53. The topological polar surface area (TPSA) is 26.3 Å². The second kappa shape index (κ2) is 5.23. The van der Waals surface area contributed by atoms with Crippen molar-refractivity contribution in [2.75, 3.05) is 0 Å². The second-order valence-corrected chi connectivity index (χ2v) is 5.32. The first kappa shape index (κ1) is 14.3. The maximum absolute atomic E-state index is 13.0. The maximum atomic E-state index is 13.0. The summed E-state index contributed by atoms with van der Waals surface area (Å²) in [6.45, 7) is 5.71. The molecule has 0 aliphatic carbocycles. The Morgan fingerprint density at radius 3 is 2.47 bits per heavy atom. The van der Waals surface area contributed by atoms with Crippen LogP contribution in [0.4, 0.5) is 4.39 Å². The van der Waals surface area contributed by atoms with Gasteiger partial charge in [0, 0.05) is 0 Å². The van der Waals surface area contributed by atoms with E-state index in [-0.39, 0.29) is 11.7 Å². The van der Waals surface area contributed by atoms with Gasteiger partial charge in [-0.1, -0.05) is 49.2 Å². The van der Waals surface area contributed by atoms with E-state index in [1.165, 1.54) is 0 Å². The van der Waals surface area contributed by atoms with Crippen LogP contribution in [0, 0.1) is 6.92 Å². The zero-order valence-electron chi connectivity index (χ0n) is 9.76. The molecule has 0 fully saturated rings. The molecule has 17 heavy (non-hydrogen) atoms. The molecule has 5 heteroatoms. The van der Waals surface area contributed by atoms with Gasteiger partial charge in [-0.15, -0.1) is 0 Å². The Morgan fingerprint density at radius 2 is 2.00 bits per heavy atom. The van der Waals surface area contributed by atoms with Gasteiger partial charge in [0.1, 0.15) is 5.75 Å². The Kier molecular flexibility index (Phi) is 4.39. The predicted molar refractivity (Wildman–Crippen MR) is 66.4 cm³/mol. The van der Waals surface area contributed by atoms with Gasteiger partial charge in [0.05, 0.1) is 0 Å². The lowest BCUT2D eigenvalue weighted by molar-refractivity contribution is -0.138. The van der Waals surface area contributed by atoms with Gasteiger partial charge in [-0.3, -0.25) is 0 Å². The van der Waals surface area contributed by atoms with E-state index < -0.39 is 10.6 Å². The third-order valence-electron chi connectivity index (χ3n) is 2.23. The standard InChI is InChI=1S/C12H13Cl2FO2/c1-7(2)9-5-4-8(3)6-10(9)17-11(16)12(13,14)15/h4-7H,1-3H3. The number of carbonyl (C=O) groups excluding carboxylic acids is 1. The minimum atomic E-state index is -3.03. The van der Waals surface area contributed by atoms with Crippen molar-refractivity contribution in [2.24, 2.45) is 0 Å². The number of halogens is 3. The van der Waals surface area contributed by atoms with E-state index in [0.717, 1.165) is 11.1 Å². The first-order chi connectivity index (χ1) is 7.71. The average molecular weight is 279 g/mol. The molecule has 0 aromatic heterocycles. The Bertz CT molecular complexity index is 425. The minimum absolute atomic E-state index is 0.137. The average Bonchev–Trinajstić information content (AvgIpc) is 2.15. The van der Waals surface area contributed by atoms with Crippen LogP contribution in [0.25, 0.3) is 0 Å². The maximum Gasteiger partial charge on any atom is 0.381 e. The molecular weight excluding hydrogens is 266 g/mol. The molecule has 2 nitrogen and oxygen atoms in total. The highest BCUT2D eigenvalue weighted by atomic mass is 35.5. The molecule has 94 valence electrons. The quantitative estimate of drug-likeness (QED) is 0.472. The number of hydrogen-bond donors (Lipinski definition) is 0. The van der Waals surface area contributed by atoms with Crippen LogP contribution in [0.2, 0.25) is 0 Å². The minimum Gasteiger partial charge on any atom is -0.422 e. The zero-order valence-corrected chi connectivity index (χ0v) is 11.3. The van der Waals surface area contributed by atoms with Gasteiger partial charge in [-0.25, -0.2) is 4.79 Å². The van der Waals surface area contributed by atoms with Crippen LogP contribution in [0.15, 0.2) is 18.2 Å². The smallest absolute Gasteiger partial charge is 0.381 e. The van der Waals surface area contributed by atoms with E-state index >= 15 is 0 Å². The van der Waals surface area contributed by atoms with E-state index in [4.69, 9.17) is 27.9 Å². The predicted octanol–water partition coefficient (Wildman–Crippen LogP) is 4.12. The molecule has 0 radical (unpaired) electrons. The van der Waals surface area contributed by atoms with Gasteiger partial charge in [-0.2, -0.15) is 4.39 Å². The van der Waals surface area contributed by atoms with E-state index in [0.29, 0.717) is 0 Å². The van der Waals surface area contributed by atoms with Crippen molar-refractivity contribution in [2.45, 2.75) is 31.3 Å². The molecule has 0 spiro atoms. The molecule has 1 aromatic carbocycles. The first-order valence-corrected chi connectivity index (χ1v) is 5.87. The third kappa shape index (κ3) is 3.86. The molecule has 0 N–H and O–H groups in total. The number of alkyl halides is 3. The van der Waals surface area contributed by atoms with Gasteiger partial charge >= 0.3 is 10.6 Å². The fourth-order valence-electron chi connectivity index (χ4n) is 1.36. The lowest BCUT2D eigenvalue weighted by Gasteiger charge is -2.15. The zero-order chi connectivity index (χ0) is 13.2. The summed E-state index contributed by atoms with van der Waals surface area (Å²) >= 11 is 10.1. The van der Waals surface area contributed by atoms with Crippen molar-refractivity contribution in [3.8, 4) is 5.75 Å².